The highest BCUT2D eigenvalue weighted by Crippen LogP contribution is 2.37. The Morgan fingerprint density at radius 2 is 0.857 bits per heavy atom. The Hall–Kier alpha value is -5.15. The first-order chi connectivity index (χ1) is 23.5. The monoisotopic (exact) mass is 670 g/mol. The van der Waals surface area contributed by atoms with Crippen molar-refractivity contribution < 1.29 is 19.2 Å². The second kappa shape index (κ2) is 13.4. The fourth-order valence-corrected chi connectivity index (χ4v) is 7.35. The summed E-state index contributed by atoms with van der Waals surface area (Å²) in [6.45, 7) is 3.39. The van der Waals surface area contributed by atoms with E-state index in [1.54, 1.807) is 0 Å². The number of hydrogen-bond donors (Lipinski definition) is 2. The molecule has 0 radical (unpaired) electrons. The average Bonchev–Trinajstić information content (AvgIpc) is 3.11. The molecule has 49 heavy (non-hydrogen) atoms. The van der Waals surface area contributed by atoms with Crippen LogP contribution in [0.3, 0.4) is 0 Å². The maximum atomic E-state index is 13.6. The first kappa shape index (κ1) is 32.4. The van der Waals surface area contributed by atoms with Gasteiger partial charge in [0.25, 0.3) is 23.6 Å². The van der Waals surface area contributed by atoms with Crippen LogP contribution >= 0.6 is 12.4 Å². The van der Waals surface area contributed by atoms with Gasteiger partial charge in [0.1, 0.15) is 0 Å². The lowest BCUT2D eigenvalue weighted by Gasteiger charge is -2.28. The Bertz CT molecular complexity index is 2160. The molecule has 0 bridgehead atoms. The predicted molar refractivity (Wildman–Crippen MR) is 196 cm³/mol. The van der Waals surface area contributed by atoms with E-state index in [9.17, 15) is 19.2 Å². The van der Waals surface area contributed by atoms with Crippen LogP contribution in [0.25, 0.3) is 43.1 Å². The van der Waals surface area contributed by atoms with E-state index in [4.69, 9.17) is 0 Å². The number of carbonyl (C=O) groups excluding carboxylic acids is 4. The summed E-state index contributed by atoms with van der Waals surface area (Å²) in [5.74, 6) is -0.953. The number of fused-ring (bicyclic) bond motifs is 4. The van der Waals surface area contributed by atoms with Crippen molar-refractivity contribution in [1.82, 2.24) is 20.4 Å². The molecule has 2 N–H and O–H groups in total. The van der Waals surface area contributed by atoms with Gasteiger partial charge in [-0.05, 0) is 82.5 Å². The molecule has 2 heterocycles. The fraction of sp³-hybridized carbons (Fsp3) is 0.200. The lowest BCUT2D eigenvalue weighted by Crippen LogP contribution is -2.42. The molecule has 0 saturated heterocycles. The molecule has 0 saturated carbocycles. The standard InChI is InChI=1S/C40H34N4O4.ClH/c45-37-31-15-5-11-27-23-25-9-1-3-13-29(25)35(33(27)31)39(47)43(37)21-7-17-41-19-20-42-18-8-22-44-38(46)32-16-6-12-28-24-26-10-2-4-14-30(26)36(34(28)32)40(44)48;/h1-6,9-16,23-24,41-42H,7-8,17-22H2;1H. The van der Waals surface area contributed by atoms with E-state index >= 15 is 0 Å². The van der Waals surface area contributed by atoms with Crippen LogP contribution in [0.15, 0.2) is 97.1 Å². The van der Waals surface area contributed by atoms with Crippen molar-refractivity contribution in [3.8, 4) is 0 Å². The van der Waals surface area contributed by atoms with Gasteiger partial charge in [0.05, 0.1) is 11.1 Å². The Labute approximate surface area is 289 Å². The van der Waals surface area contributed by atoms with Gasteiger partial charge in [-0.3, -0.25) is 29.0 Å². The summed E-state index contributed by atoms with van der Waals surface area (Å²) in [6, 6.07) is 31.0. The number of benzene rings is 6. The van der Waals surface area contributed by atoms with E-state index in [1.807, 2.05) is 97.1 Å². The SMILES string of the molecule is Cl.O=C1c2cccc3cc4ccccc4c(c23)C(=O)N1CCCNCCNCCCN1C(=O)c2cccc3cc4ccccc4c(c23)C1=O. The molecule has 8 nitrogen and oxygen atoms in total. The van der Waals surface area contributed by atoms with E-state index < -0.39 is 0 Å². The summed E-state index contributed by atoms with van der Waals surface area (Å²) in [7, 11) is 0. The van der Waals surface area contributed by atoms with Crippen LogP contribution in [-0.2, 0) is 0 Å². The summed E-state index contributed by atoms with van der Waals surface area (Å²) in [4.78, 5) is 56.8. The van der Waals surface area contributed by atoms with Crippen LogP contribution in [0.1, 0.15) is 54.3 Å². The van der Waals surface area contributed by atoms with Gasteiger partial charge in [-0.2, -0.15) is 0 Å². The van der Waals surface area contributed by atoms with E-state index in [2.05, 4.69) is 10.6 Å². The normalized spacial score (nSPS) is 14.0. The third-order valence-electron chi connectivity index (χ3n) is 9.59. The summed E-state index contributed by atoms with van der Waals surface area (Å²) >= 11 is 0. The quantitative estimate of drug-likeness (QED) is 0.0919. The minimum Gasteiger partial charge on any atom is -0.315 e. The molecule has 0 fully saturated rings. The number of halogens is 1. The molecule has 0 aromatic heterocycles. The molecular formula is C40H35ClN4O4. The maximum Gasteiger partial charge on any atom is 0.262 e. The Kier molecular flexibility index (Phi) is 8.86. The summed E-state index contributed by atoms with van der Waals surface area (Å²) in [5.41, 5.74) is 2.37. The van der Waals surface area contributed by atoms with Crippen LogP contribution in [-0.4, -0.2) is 72.7 Å². The first-order valence-electron chi connectivity index (χ1n) is 16.6. The minimum absolute atomic E-state index is 0. The van der Waals surface area contributed by atoms with Gasteiger partial charge < -0.3 is 10.6 Å². The number of hydrogen-bond acceptors (Lipinski definition) is 6. The number of imide groups is 2. The Balaban J connectivity index is 0.00000378. The zero-order valence-electron chi connectivity index (χ0n) is 26.8. The number of rotatable bonds is 11. The summed E-state index contributed by atoms with van der Waals surface area (Å²) < 4.78 is 0. The summed E-state index contributed by atoms with van der Waals surface area (Å²) in [5, 5.41) is 13.8. The maximum absolute atomic E-state index is 13.6. The van der Waals surface area contributed by atoms with E-state index in [0.29, 0.717) is 74.4 Å². The molecule has 0 aliphatic carbocycles. The smallest absolute Gasteiger partial charge is 0.262 e. The number of carbonyl (C=O) groups is 4. The van der Waals surface area contributed by atoms with Crippen molar-refractivity contribution in [2.75, 3.05) is 39.3 Å². The van der Waals surface area contributed by atoms with Crippen LogP contribution in [0.2, 0.25) is 0 Å². The van der Waals surface area contributed by atoms with Gasteiger partial charge in [0, 0.05) is 48.1 Å². The molecule has 2 aliphatic heterocycles. The summed E-state index contributed by atoms with van der Waals surface area (Å²) in [6.07, 6.45) is 1.27. The largest absolute Gasteiger partial charge is 0.315 e. The molecule has 6 aromatic carbocycles. The van der Waals surface area contributed by atoms with Gasteiger partial charge >= 0.3 is 0 Å². The van der Waals surface area contributed by atoms with Crippen LogP contribution in [0.5, 0.6) is 0 Å². The molecule has 2 aliphatic rings. The highest BCUT2D eigenvalue weighted by Gasteiger charge is 2.35. The van der Waals surface area contributed by atoms with E-state index in [0.717, 1.165) is 43.1 Å². The van der Waals surface area contributed by atoms with E-state index in [-0.39, 0.29) is 36.0 Å². The first-order valence-corrected chi connectivity index (χ1v) is 16.6. The average molecular weight is 671 g/mol. The lowest BCUT2D eigenvalue weighted by molar-refractivity contribution is 0.0594. The topological polar surface area (TPSA) is 98.8 Å². The van der Waals surface area contributed by atoms with Crippen molar-refractivity contribution in [1.29, 1.82) is 0 Å². The van der Waals surface area contributed by atoms with Gasteiger partial charge in [0.15, 0.2) is 0 Å². The Morgan fingerprint density at radius 3 is 1.31 bits per heavy atom. The number of nitrogens with one attached hydrogen (secondary N) is 2. The van der Waals surface area contributed by atoms with Crippen LogP contribution in [0.4, 0.5) is 0 Å². The van der Waals surface area contributed by atoms with Crippen LogP contribution < -0.4 is 10.6 Å². The third kappa shape index (κ3) is 5.52. The van der Waals surface area contributed by atoms with Gasteiger partial charge in [-0.25, -0.2) is 0 Å². The second-order valence-corrected chi connectivity index (χ2v) is 12.5. The molecule has 4 amide bonds. The lowest BCUT2D eigenvalue weighted by atomic mass is 9.89. The molecule has 0 atom stereocenters. The molecule has 8 rings (SSSR count). The molecule has 9 heteroatoms. The molecule has 246 valence electrons. The van der Waals surface area contributed by atoms with Gasteiger partial charge in [-0.1, -0.05) is 72.8 Å². The zero-order chi connectivity index (χ0) is 32.8. The van der Waals surface area contributed by atoms with Crippen molar-refractivity contribution in [2.45, 2.75) is 12.8 Å². The second-order valence-electron chi connectivity index (χ2n) is 12.5. The molecule has 0 unspecified atom stereocenters. The Morgan fingerprint density at radius 1 is 0.449 bits per heavy atom. The third-order valence-corrected chi connectivity index (χ3v) is 9.59. The van der Waals surface area contributed by atoms with Crippen LogP contribution in [0, 0.1) is 0 Å². The van der Waals surface area contributed by atoms with Crippen molar-refractivity contribution in [2.24, 2.45) is 0 Å². The zero-order valence-corrected chi connectivity index (χ0v) is 27.6. The van der Waals surface area contributed by atoms with Crippen molar-refractivity contribution in [3.05, 3.63) is 119 Å². The predicted octanol–water partition coefficient (Wildman–Crippen LogP) is 6.57. The minimum atomic E-state index is -0.242. The highest BCUT2D eigenvalue weighted by molar-refractivity contribution is 6.31. The van der Waals surface area contributed by atoms with E-state index in [1.165, 1.54) is 9.80 Å². The number of amides is 4. The van der Waals surface area contributed by atoms with Crippen molar-refractivity contribution >= 4 is 79.1 Å². The number of nitrogens with zero attached hydrogens (tertiary/aromatic N) is 2. The molecule has 6 aromatic rings. The molecular weight excluding hydrogens is 636 g/mol. The van der Waals surface area contributed by atoms with Crippen molar-refractivity contribution in [3.63, 3.8) is 0 Å². The fourth-order valence-electron chi connectivity index (χ4n) is 7.35. The molecule has 0 spiro atoms. The van der Waals surface area contributed by atoms with Gasteiger partial charge in [0.2, 0.25) is 0 Å². The highest BCUT2D eigenvalue weighted by atomic mass is 35.5. The van der Waals surface area contributed by atoms with Gasteiger partial charge in [-0.15, -0.1) is 12.4 Å².